The minimum Gasteiger partial charge on any atom is -0.507 e. The number of hydrogen-bond acceptors (Lipinski definition) is 5. The summed E-state index contributed by atoms with van der Waals surface area (Å²) in [6.45, 7) is 2.73. The molecule has 0 saturated carbocycles. The van der Waals surface area contributed by atoms with Crippen molar-refractivity contribution in [3.63, 3.8) is 0 Å². The van der Waals surface area contributed by atoms with E-state index >= 15 is 0 Å². The van der Waals surface area contributed by atoms with Crippen LogP contribution in [0.25, 0.3) is 11.0 Å². The van der Waals surface area contributed by atoms with Crippen LogP contribution in [-0.2, 0) is 6.54 Å². The minimum absolute atomic E-state index is 0.140. The molecule has 0 unspecified atom stereocenters. The largest absolute Gasteiger partial charge is 0.507 e. The predicted octanol–water partition coefficient (Wildman–Crippen LogP) is 2.08. The molecule has 1 aromatic carbocycles. The average molecular weight is 286 g/mol. The summed E-state index contributed by atoms with van der Waals surface area (Å²) in [7, 11) is 0. The number of fused-ring (bicyclic) bond motifs is 1. The monoisotopic (exact) mass is 286 g/mol. The highest BCUT2D eigenvalue weighted by Crippen LogP contribution is 2.28. The lowest BCUT2D eigenvalue weighted by molar-refractivity contribution is 0.297. The first-order chi connectivity index (χ1) is 10.1. The Kier molecular flexibility index (Phi) is 3.35. The minimum atomic E-state index is -0.267. The van der Waals surface area contributed by atoms with E-state index in [1.807, 2.05) is 10.8 Å². The van der Waals surface area contributed by atoms with Crippen LogP contribution in [-0.4, -0.2) is 21.3 Å². The van der Waals surface area contributed by atoms with Crippen LogP contribution in [0.15, 0.2) is 46.1 Å². The van der Waals surface area contributed by atoms with Crippen molar-refractivity contribution in [2.45, 2.75) is 13.5 Å². The molecule has 21 heavy (non-hydrogen) atoms. The van der Waals surface area contributed by atoms with Crippen LogP contribution in [0.3, 0.4) is 0 Å². The Morgan fingerprint density at radius 1 is 1.38 bits per heavy atom. The van der Waals surface area contributed by atoms with Crippen molar-refractivity contribution in [3.8, 4) is 11.5 Å². The summed E-state index contributed by atoms with van der Waals surface area (Å²) in [5, 5.41) is 10.1. The molecule has 1 N–H and O–H groups in total. The first-order valence-corrected chi connectivity index (χ1v) is 6.49. The highest BCUT2D eigenvalue weighted by atomic mass is 16.5. The molecule has 0 spiro atoms. The molecule has 3 rings (SSSR count). The summed E-state index contributed by atoms with van der Waals surface area (Å²) < 4.78 is 12.9. The molecule has 6 nitrogen and oxygen atoms in total. The van der Waals surface area contributed by atoms with E-state index in [-0.39, 0.29) is 16.6 Å². The van der Waals surface area contributed by atoms with E-state index in [0.717, 1.165) is 0 Å². The van der Waals surface area contributed by atoms with Crippen molar-refractivity contribution in [1.29, 1.82) is 0 Å². The molecule has 6 heteroatoms. The van der Waals surface area contributed by atoms with Gasteiger partial charge in [0.25, 0.3) is 0 Å². The number of aryl methyl sites for hydroxylation is 1. The predicted molar refractivity (Wildman–Crippen MR) is 76.6 cm³/mol. The van der Waals surface area contributed by atoms with E-state index in [9.17, 15) is 9.90 Å². The molecule has 0 saturated heterocycles. The van der Waals surface area contributed by atoms with Gasteiger partial charge in [0.05, 0.1) is 12.9 Å². The topological polar surface area (TPSA) is 77.5 Å². The Bertz CT molecular complexity index is 822. The summed E-state index contributed by atoms with van der Waals surface area (Å²) in [5.41, 5.74) is 0.0499. The first-order valence-electron chi connectivity index (χ1n) is 6.49. The second kappa shape index (κ2) is 5.32. The lowest BCUT2D eigenvalue weighted by Crippen LogP contribution is -2.07. The van der Waals surface area contributed by atoms with Crippen LogP contribution >= 0.6 is 0 Å². The molecule has 2 heterocycles. The van der Waals surface area contributed by atoms with E-state index in [0.29, 0.717) is 30.2 Å². The number of benzene rings is 1. The maximum atomic E-state index is 11.8. The number of phenols is 1. The smallest absolute Gasteiger partial charge is 0.196 e. The summed E-state index contributed by atoms with van der Waals surface area (Å²) in [6, 6.07) is 4.38. The maximum absolute atomic E-state index is 11.8. The Balaban J connectivity index is 1.84. The van der Waals surface area contributed by atoms with Gasteiger partial charge < -0.3 is 18.8 Å². The highest BCUT2D eigenvalue weighted by Gasteiger charge is 2.10. The van der Waals surface area contributed by atoms with E-state index < -0.39 is 0 Å². The van der Waals surface area contributed by atoms with Gasteiger partial charge in [-0.3, -0.25) is 4.79 Å². The van der Waals surface area contributed by atoms with Crippen LogP contribution in [0.1, 0.15) is 5.76 Å². The SMILES string of the molecule is Cc1cc(=O)c2c(O)cc(OCCn3ccnc3)cc2o1. The van der Waals surface area contributed by atoms with Crippen LogP contribution in [0.5, 0.6) is 11.5 Å². The number of phenolic OH excluding ortho intramolecular Hbond substituents is 1. The zero-order valence-electron chi connectivity index (χ0n) is 11.4. The molecule has 0 atom stereocenters. The van der Waals surface area contributed by atoms with Gasteiger partial charge in [-0.15, -0.1) is 0 Å². The lowest BCUT2D eigenvalue weighted by atomic mass is 10.2. The lowest BCUT2D eigenvalue weighted by Gasteiger charge is -2.09. The fraction of sp³-hybridized carbons (Fsp3) is 0.200. The van der Waals surface area contributed by atoms with Gasteiger partial charge in [-0.05, 0) is 6.92 Å². The van der Waals surface area contributed by atoms with Crippen molar-refractivity contribution in [3.05, 3.63) is 52.9 Å². The summed E-state index contributed by atoms with van der Waals surface area (Å²) in [4.78, 5) is 15.8. The van der Waals surface area contributed by atoms with Crippen LogP contribution in [0.2, 0.25) is 0 Å². The van der Waals surface area contributed by atoms with Crippen molar-refractivity contribution in [2.24, 2.45) is 0 Å². The van der Waals surface area contributed by atoms with Crippen LogP contribution in [0.4, 0.5) is 0 Å². The number of hydrogen-bond donors (Lipinski definition) is 1. The van der Waals surface area contributed by atoms with E-state index in [4.69, 9.17) is 9.15 Å². The van der Waals surface area contributed by atoms with Gasteiger partial charge in [0, 0.05) is 30.6 Å². The maximum Gasteiger partial charge on any atom is 0.196 e. The quantitative estimate of drug-likeness (QED) is 0.794. The highest BCUT2D eigenvalue weighted by molar-refractivity contribution is 5.84. The number of imidazole rings is 1. The molecule has 0 bridgehead atoms. The second-order valence-corrected chi connectivity index (χ2v) is 4.69. The van der Waals surface area contributed by atoms with Gasteiger partial charge in [0.15, 0.2) is 5.43 Å². The molecule has 2 aromatic heterocycles. The summed E-state index contributed by atoms with van der Waals surface area (Å²) >= 11 is 0. The van der Waals surface area contributed by atoms with E-state index in [1.165, 1.54) is 12.1 Å². The Labute approximate surface area is 120 Å². The van der Waals surface area contributed by atoms with Crippen molar-refractivity contribution < 1.29 is 14.3 Å². The standard InChI is InChI=1S/C15H14N2O4/c1-10-6-12(18)15-13(19)7-11(8-14(15)21-10)20-5-4-17-3-2-16-9-17/h2-3,6-9,19H,4-5H2,1H3. The van der Waals surface area contributed by atoms with Crippen molar-refractivity contribution in [2.75, 3.05) is 6.61 Å². The number of ether oxygens (including phenoxy) is 1. The van der Waals surface area contributed by atoms with E-state index in [1.54, 1.807) is 25.5 Å². The normalized spacial score (nSPS) is 10.9. The third kappa shape index (κ3) is 2.74. The number of aromatic nitrogens is 2. The van der Waals surface area contributed by atoms with Crippen molar-refractivity contribution in [1.82, 2.24) is 9.55 Å². The molecule has 0 fully saturated rings. The molecule has 3 aromatic rings. The fourth-order valence-electron chi connectivity index (χ4n) is 2.14. The zero-order chi connectivity index (χ0) is 14.8. The zero-order valence-corrected chi connectivity index (χ0v) is 11.4. The van der Waals surface area contributed by atoms with Gasteiger partial charge in [-0.2, -0.15) is 0 Å². The first kappa shape index (κ1) is 13.2. The molecular formula is C15H14N2O4. The molecule has 0 amide bonds. The van der Waals surface area contributed by atoms with E-state index in [2.05, 4.69) is 4.98 Å². The second-order valence-electron chi connectivity index (χ2n) is 4.69. The molecular weight excluding hydrogens is 272 g/mol. The Morgan fingerprint density at radius 2 is 2.24 bits per heavy atom. The van der Waals surface area contributed by atoms with Crippen LogP contribution in [0, 0.1) is 6.92 Å². The Morgan fingerprint density at radius 3 is 3.00 bits per heavy atom. The molecule has 0 aliphatic rings. The summed E-state index contributed by atoms with van der Waals surface area (Å²) in [5.74, 6) is 0.801. The van der Waals surface area contributed by atoms with Gasteiger partial charge in [-0.1, -0.05) is 0 Å². The number of rotatable bonds is 4. The average Bonchev–Trinajstić information content (AvgIpc) is 2.90. The molecule has 108 valence electrons. The van der Waals surface area contributed by atoms with Gasteiger partial charge in [-0.25, -0.2) is 4.98 Å². The van der Waals surface area contributed by atoms with Gasteiger partial charge in [0.2, 0.25) is 0 Å². The van der Waals surface area contributed by atoms with Gasteiger partial charge in [0.1, 0.15) is 34.8 Å². The fourth-order valence-corrected chi connectivity index (χ4v) is 2.14. The third-order valence-electron chi connectivity index (χ3n) is 3.08. The van der Waals surface area contributed by atoms with Gasteiger partial charge >= 0.3 is 0 Å². The molecule has 0 radical (unpaired) electrons. The Hall–Kier alpha value is -2.76. The summed E-state index contributed by atoms with van der Waals surface area (Å²) in [6.07, 6.45) is 5.23. The van der Waals surface area contributed by atoms with Crippen LogP contribution < -0.4 is 10.2 Å². The number of nitrogens with zero attached hydrogens (tertiary/aromatic N) is 2. The third-order valence-corrected chi connectivity index (χ3v) is 3.08. The number of aromatic hydroxyl groups is 1. The molecule has 0 aliphatic heterocycles. The van der Waals surface area contributed by atoms with Crippen molar-refractivity contribution >= 4 is 11.0 Å². The molecule has 0 aliphatic carbocycles.